The molecule has 0 unspecified atom stereocenters. The highest BCUT2D eigenvalue weighted by Crippen LogP contribution is 2.40. The first-order valence-corrected chi connectivity index (χ1v) is 9.12. The summed E-state index contributed by atoms with van der Waals surface area (Å²) in [5.41, 5.74) is 8.18. The molecule has 0 fully saturated rings. The predicted octanol–water partition coefficient (Wildman–Crippen LogP) is 5.54. The van der Waals surface area contributed by atoms with Gasteiger partial charge in [-0.3, -0.25) is 5.10 Å². The van der Waals surface area contributed by atoms with E-state index in [0.29, 0.717) is 12.1 Å². The van der Waals surface area contributed by atoms with Crippen LogP contribution in [-0.2, 0) is 13.0 Å². The van der Waals surface area contributed by atoms with E-state index in [2.05, 4.69) is 39.8 Å². The molecule has 0 atom stereocenters. The van der Waals surface area contributed by atoms with E-state index in [4.69, 9.17) is 0 Å². The van der Waals surface area contributed by atoms with Crippen LogP contribution in [0.5, 0.6) is 0 Å². The highest BCUT2D eigenvalue weighted by Gasteiger charge is 2.25. The summed E-state index contributed by atoms with van der Waals surface area (Å²) >= 11 is 0. The molecule has 1 heterocycles. The molecule has 4 aromatic rings. The van der Waals surface area contributed by atoms with Crippen LogP contribution >= 0.6 is 0 Å². The summed E-state index contributed by atoms with van der Waals surface area (Å²) in [6.45, 7) is 0.357. The normalized spacial score (nSPS) is 11.9. The lowest BCUT2D eigenvalue weighted by atomic mass is 10.1. The van der Waals surface area contributed by atoms with Gasteiger partial charge in [-0.2, -0.15) is 5.10 Å². The smallest absolute Gasteiger partial charge is 0.126 e. The lowest BCUT2D eigenvalue weighted by molar-refractivity contribution is 0.580. The van der Waals surface area contributed by atoms with Gasteiger partial charge in [0.25, 0.3) is 0 Å². The zero-order valence-electron chi connectivity index (χ0n) is 15.0. The summed E-state index contributed by atoms with van der Waals surface area (Å²) < 4.78 is 26.7. The number of anilines is 1. The summed E-state index contributed by atoms with van der Waals surface area (Å²) in [5.74, 6) is -1.13. The minimum absolute atomic E-state index is 0.357. The Morgan fingerprint density at radius 2 is 1.71 bits per heavy atom. The summed E-state index contributed by atoms with van der Waals surface area (Å²) in [7, 11) is 0. The molecular weight excluding hydrogens is 356 g/mol. The van der Waals surface area contributed by atoms with Gasteiger partial charge in [-0.25, -0.2) is 8.78 Å². The van der Waals surface area contributed by atoms with Crippen molar-refractivity contribution in [1.82, 2.24) is 10.2 Å². The van der Waals surface area contributed by atoms with Gasteiger partial charge in [0, 0.05) is 41.4 Å². The molecule has 5 heteroatoms. The second-order valence-electron chi connectivity index (χ2n) is 6.97. The standard InChI is InChI=1S/C23H17F2N3/c24-17-8-14(9-18(25)12-17)13-26-19-6-7-20-16(10-19)11-21-22(27-28-23(20)21)15-4-2-1-3-5-15/h1-10,12,26H,11,13H2,(H,27,28). The lowest BCUT2D eigenvalue weighted by Gasteiger charge is -2.09. The quantitative estimate of drug-likeness (QED) is 0.434. The van der Waals surface area contributed by atoms with Gasteiger partial charge in [-0.1, -0.05) is 36.4 Å². The highest BCUT2D eigenvalue weighted by molar-refractivity contribution is 5.82. The van der Waals surface area contributed by atoms with Crippen molar-refractivity contribution in [3.63, 3.8) is 0 Å². The molecule has 3 aromatic carbocycles. The van der Waals surface area contributed by atoms with E-state index in [0.717, 1.165) is 40.7 Å². The first-order chi connectivity index (χ1) is 13.7. The number of nitrogens with one attached hydrogen (secondary N) is 2. The van der Waals surface area contributed by atoms with E-state index in [1.165, 1.54) is 23.3 Å². The van der Waals surface area contributed by atoms with Crippen molar-refractivity contribution >= 4 is 5.69 Å². The van der Waals surface area contributed by atoms with Crippen LogP contribution in [0.3, 0.4) is 0 Å². The van der Waals surface area contributed by atoms with Gasteiger partial charge >= 0.3 is 0 Å². The third-order valence-electron chi connectivity index (χ3n) is 5.08. The molecule has 0 amide bonds. The minimum atomic E-state index is -0.565. The lowest BCUT2D eigenvalue weighted by Crippen LogP contribution is -2.01. The van der Waals surface area contributed by atoms with Crippen LogP contribution < -0.4 is 5.32 Å². The van der Waals surface area contributed by atoms with Crippen molar-refractivity contribution in [1.29, 1.82) is 0 Å². The third-order valence-corrected chi connectivity index (χ3v) is 5.08. The maximum Gasteiger partial charge on any atom is 0.126 e. The Balaban J connectivity index is 1.39. The Bertz CT molecular complexity index is 1150. The molecule has 28 heavy (non-hydrogen) atoms. The molecule has 0 spiro atoms. The average Bonchev–Trinajstić information content (AvgIpc) is 3.25. The van der Waals surface area contributed by atoms with E-state index < -0.39 is 11.6 Å². The summed E-state index contributed by atoms with van der Waals surface area (Å²) in [5, 5.41) is 10.9. The van der Waals surface area contributed by atoms with Crippen molar-refractivity contribution in [2.24, 2.45) is 0 Å². The number of aromatic amines is 1. The maximum atomic E-state index is 13.4. The van der Waals surface area contributed by atoms with E-state index in [-0.39, 0.29) is 0 Å². The van der Waals surface area contributed by atoms with Gasteiger partial charge in [0.2, 0.25) is 0 Å². The fraction of sp³-hybridized carbons (Fsp3) is 0.0870. The monoisotopic (exact) mass is 373 g/mol. The molecule has 0 saturated carbocycles. The van der Waals surface area contributed by atoms with Crippen LogP contribution in [0, 0.1) is 11.6 Å². The number of rotatable bonds is 4. The molecule has 0 aliphatic heterocycles. The number of H-pyrrole nitrogens is 1. The average molecular weight is 373 g/mol. The predicted molar refractivity (Wildman–Crippen MR) is 106 cm³/mol. The topological polar surface area (TPSA) is 40.7 Å². The van der Waals surface area contributed by atoms with Crippen molar-refractivity contribution in [2.75, 3.05) is 5.32 Å². The van der Waals surface area contributed by atoms with Crippen LogP contribution in [0.25, 0.3) is 22.5 Å². The Morgan fingerprint density at radius 1 is 0.929 bits per heavy atom. The molecule has 3 nitrogen and oxygen atoms in total. The second kappa shape index (κ2) is 6.60. The Labute approximate surface area is 161 Å². The van der Waals surface area contributed by atoms with Crippen molar-refractivity contribution in [2.45, 2.75) is 13.0 Å². The van der Waals surface area contributed by atoms with Gasteiger partial charge in [-0.15, -0.1) is 0 Å². The minimum Gasteiger partial charge on any atom is -0.381 e. The fourth-order valence-corrected chi connectivity index (χ4v) is 3.80. The number of aromatic nitrogens is 2. The highest BCUT2D eigenvalue weighted by atomic mass is 19.1. The van der Waals surface area contributed by atoms with Gasteiger partial charge in [0.15, 0.2) is 0 Å². The molecule has 1 aromatic heterocycles. The first kappa shape index (κ1) is 16.7. The SMILES string of the molecule is Fc1cc(F)cc(CNc2ccc3c(c2)Cc2c(-c4ccccc4)n[nH]c2-3)c1. The number of hydrogen-bond donors (Lipinski definition) is 2. The summed E-state index contributed by atoms with van der Waals surface area (Å²) in [6.07, 6.45) is 0.801. The molecule has 0 bridgehead atoms. The van der Waals surface area contributed by atoms with Crippen LogP contribution in [0.4, 0.5) is 14.5 Å². The van der Waals surface area contributed by atoms with E-state index in [1.54, 1.807) is 0 Å². The van der Waals surface area contributed by atoms with Gasteiger partial charge < -0.3 is 5.32 Å². The van der Waals surface area contributed by atoms with Crippen LogP contribution in [0.2, 0.25) is 0 Å². The molecule has 5 rings (SSSR count). The summed E-state index contributed by atoms with van der Waals surface area (Å²) in [6, 6.07) is 19.8. The first-order valence-electron chi connectivity index (χ1n) is 9.12. The zero-order valence-corrected chi connectivity index (χ0v) is 15.0. The van der Waals surface area contributed by atoms with Crippen LogP contribution in [0.15, 0.2) is 66.7 Å². The zero-order chi connectivity index (χ0) is 19.1. The number of fused-ring (bicyclic) bond motifs is 3. The molecule has 0 radical (unpaired) electrons. The second-order valence-corrected chi connectivity index (χ2v) is 6.97. The fourth-order valence-electron chi connectivity index (χ4n) is 3.80. The van der Waals surface area contributed by atoms with E-state index in [9.17, 15) is 8.78 Å². The number of nitrogens with zero attached hydrogens (tertiary/aromatic N) is 1. The molecule has 1 aliphatic carbocycles. The van der Waals surface area contributed by atoms with E-state index >= 15 is 0 Å². The van der Waals surface area contributed by atoms with Crippen molar-refractivity contribution in [3.05, 3.63) is 95.1 Å². The number of halogens is 2. The van der Waals surface area contributed by atoms with Crippen molar-refractivity contribution in [3.8, 4) is 22.5 Å². The number of benzene rings is 3. The molecule has 138 valence electrons. The molecule has 0 saturated heterocycles. The summed E-state index contributed by atoms with van der Waals surface area (Å²) in [4.78, 5) is 0. The largest absolute Gasteiger partial charge is 0.381 e. The van der Waals surface area contributed by atoms with Gasteiger partial charge in [-0.05, 0) is 35.4 Å². The van der Waals surface area contributed by atoms with Crippen LogP contribution in [0.1, 0.15) is 16.7 Å². The van der Waals surface area contributed by atoms with E-state index in [1.807, 2.05) is 24.3 Å². The molecular formula is C23H17F2N3. The molecule has 2 N–H and O–H groups in total. The Kier molecular flexibility index (Phi) is 3.93. The number of hydrogen-bond acceptors (Lipinski definition) is 2. The Hall–Kier alpha value is -3.47. The van der Waals surface area contributed by atoms with Crippen molar-refractivity contribution < 1.29 is 8.78 Å². The third kappa shape index (κ3) is 2.95. The molecule has 1 aliphatic rings. The van der Waals surface area contributed by atoms with Gasteiger partial charge in [0.05, 0.1) is 11.4 Å². The maximum absolute atomic E-state index is 13.4. The van der Waals surface area contributed by atoms with Crippen LogP contribution in [-0.4, -0.2) is 10.2 Å². The van der Waals surface area contributed by atoms with Gasteiger partial charge in [0.1, 0.15) is 11.6 Å². The Morgan fingerprint density at radius 3 is 2.50 bits per heavy atom.